The first kappa shape index (κ1) is 11.1. The third-order valence-electron chi connectivity index (χ3n) is 4.05. The molecule has 17 heavy (non-hydrogen) atoms. The van der Waals surface area contributed by atoms with E-state index in [0.29, 0.717) is 23.5 Å². The fourth-order valence-corrected chi connectivity index (χ4v) is 4.30. The number of carboxylic acids is 1. The molecule has 0 spiro atoms. The Labute approximate surface area is 104 Å². The van der Waals surface area contributed by atoms with Gasteiger partial charge >= 0.3 is 5.97 Å². The van der Waals surface area contributed by atoms with E-state index in [9.17, 15) is 9.59 Å². The molecule has 2 fully saturated rings. The van der Waals surface area contributed by atoms with Crippen molar-refractivity contribution in [1.29, 1.82) is 0 Å². The average Bonchev–Trinajstić information content (AvgIpc) is 3.02. The minimum absolute atomic E-state index is 0.0329. The zero-order valence-corrected chi connectivity index (χ0v) is 10.2. The Bertz CT molecular complexity index is 395. The minimum Gasteiger partial charge on any atom is -0.480 e. The quantitative estimate of drug-likeness (QED) is 0.751. The molecule has 1 saturated carbocycles. The molecule has 4 atom stereocenters. The summed E-state index contributed by atoms with van der Waals surface area (Å²) in [5.41, 5.74) is 0. The van der Waals surface area contributed by atoms with Crippen molar-refractivity contribution in [3.05, 3.63) is 12.2 Å². The molecule has 3 rings (SSSR count). The first-order chi connectivity index (χ1) is 8.16. The Kier molecular flexibility index (Phi) is 2.65. The van der Waals surface area contributed by atoms with Crippen molar-refractivity contribution in [2.24, 2.45) is 17.8 Å². The second-order valence-corrected chi connectivity index (χ2v) is 6.05. The molecule has 1 saturated heterocycles. The van der Waals surface area contributed by atoms with Gasteiger partial charge in [-0.15, -0.1) is 11.8 Å². The van der Waals surface area contributed by atoms with Crippen molar-refractivity contribution in [1.82, 2.24) is 4.90 Å². The van der Waals surface area contributed by atoms with Crippen LogP contribution >= 0.6 is 11.8 Å². The van der Waals surface area contributed by atoms with Crippen LogP contribution in [0.5, 0.6) is 0 Å². The van der Waals surface area contributed by atoms with E-state index in [1.165, 1.54) is 11.8 Å². The second kappa shape index (κ2) is 4.05. The normalized spacial score (nSPS) is 38.9. The van der Waals surface area contributed by atoms with Gasteiger partial charge in [0.15, 0.2) is 0 Å². The van der Waals surface area contributed by atoms with Gasteiger partial charge in [0.05, 0.1) is 5.88 Å². The summed E-state index contributed by atoms with van der Waals surface area (Å²) in [7, 11) is 0. The van der Waals surface area contributed by atoms with E-state index in [4.69, 9.17) is 5.11 Å². The summed E-state index contributed by atoms with van der Waals surface area (Å²) in [5, 5.41) is 9.09. The predicted molar refractivity (Wildman–Crippen MR) is 64.4 cm³/mol. The van der Waals surface area contributed by atoms with Crippen LogP contribution in [0.4, 0.5) is 0 Å². The SMILES string of the molecule is O=C(O)[C@@H]1CSCN1C(=O)C1CC2C=CC1C2. The average molecular weight is 253 g/mol. The van der Waals surface area contributed by atoms with Crippen molar-refractivity contribution >= 4 is 23.6 Å². The Morgan fingerprint density at radius 3 is 2.71 bits per heavy atom. The van der Waals surface area contributed by atoms with Gasteiger partial charge in [0.1, 0.15) is 6.04 Å². The Morgan fingerprint density at radius 1 is 1.29 bits per heavy atom. The highest BCUT2D eigenvalue weighted by Crippen LogP contribution is 2.44. The van der Waals surface area contributed by atoms with E-state index in [2.05, 4.69) is 12.2 Å². The van der Waals surface area contributed by atoms with Gasteiger partial charge < -0.3 is 10.0 Å². The van der Waals surface area contributed by atoms with Crippen LogP contribution in [-0.4, -0.2) is 39.6 Å². The van der Waals surface area contributed by atoms with Crippen LogP contribution in [0.3, 0.4) is 0 Å². The molecular weight excluding hydrogens is 238 g/mol. The molecule has 4 nitrogen and oxygen atoms in total. The standard InChI is InChI=1S/C12H15NO3S/c14-11(9-4-7-1-2-8(9)3-7)13-6-17-5-10(13)12(15)16/h1-2,7-10H,3-6H2,(H,15,16)/t7?,8?,9?,10-/m0/s1. The maximum Gasteiger partial charge on any atom is 0.327 e. The molecule has 2 aliphatic carbocycles. The number of rotatable bonds is 2. The van der Waals surface area contributed by atoms with Gasteiger partial charge in [0.25, 0.3) is 0 Å². The molecule has 0 radical (unpaired) electrons. The number of amides is 1. The van der Waals surface area contributed by atoms with E-state index < -0.39 is 12.0 Å². The van der Waals surface area contributed by atoms with Crippen molar-refractivity contribution < 1.29 is 14.7 Å². The number of hydrogen-bond acceptors (Lipinski definition) is 3. The van der Waals surface area contributed by atoms with Gasteiger partial charge in [-0.2, -0.15) is 0 Å². The van der Waals surface area contributed by atoms with Gasteiger partial charge in [-0.3, -0.25) is 4.79 Å². The third-order valence-corrected chi connectivity index (χ3v) is 5.06. The summed E-state index contributed by atoms with van der Waals surface area (Å²) in [5.74, 6) is 1.18. The van der Waals surface area contributed by atoms with Crippen LogP contribution in [0.2, 0.25) is 0 Å². The lowest BCUT2D eigenvalue weighted by atomic mass is 9.92. The molecule has 1 heterocycles. The smallest absolute Gasteiger partial charge is 0.327 e. The lowest BCUT2D eigenvalue weighted by molar-refractivity contribution is -0.149. The van der Waals surface area contributed by atoms with Crippen LogP contribution < -0.4 is 0 Å². The van der Waals surface area contributed by atoms with Gasteiger partial charge in [-0.05, 0) is 24.7 Å². The van der Waals surface area contributed by atoms with Crippen molar-refractivity contribution in [3.8, 4) is 0 Å². The fraction of sp³-hybridized carbons (Fsp3) is 0.667. The molecule has 0 aromatic rings. The van der Waals surface area contributed by atoms with E-state index in [1.54, 1.807) is 4.90 Å². The fourth-order valence-electron chi connectivity index (χ4n) is 3.14. The number of carboxylic acid groups (broad SMARTS) is 1. The minimum atomic E-state index is -0.873. The number of carbonyl (C=O) groups is 2. The topological polar surface area (TPSA) is 57.6 Å². The molecule has 3 unspecified atom stereocenters. The van der Waals surface area contributed by atoms with E-state index in [0.717, 1.165) is 12.8 Å². The number of nitrogens with zero attached hydrogens (tertiary/aromatic N) is 1. The molecule has 2 bridgehead atoms. The molecule has 5 heteroatoms. The third kappa shape index (κ3) is 1.76. The molecule has 1 aliphatic heterocycles. The largest absolute Gasteiger partial charge is 0.480 e. The lowest BCUT2D eigenvalue weighted by Crippen LogP contribution is -2.45. The maximum atomic E-state index is 12.4. The van der Waals surface area contributed by atoms with Crippen molar-refractivity contribution in [2.45, 2.75) is 18.9 Å². The summed E-state index contributed by atoms with van der Waals surface area (Å²) in [6.45, 7) is 0. The monoisotopic (exact) mass is 253 g/mol. The number of carbonyl (C=O) groups excluding carboxylic acids is 1. The van der Waals surface area contributed by atoms with Gasteiger partial charge in [0, 0.05) is 11.7 Å². The van der Waals surface area contributed by atoms with Crippen LogP contribution in [0.1, 0.15) is 12.8 Å². The highest BCUT2D eigenvalue weighted by molar-refractivity contribution is 7.99. The molecule has 0 aromatic carbocycles. The predicted octanol–water partition coefficient (Wildman–Crippen LogP) is 1.18. The summed E-state index contributed by atoms with van der Waals surface area (Å²) >= 11 is 1.53. The van der Waals surface area contributed by atoms with Crippen LogP contribution in [-0.2, 0) is 9.59 Å². The molecule has 0 aromatic heterocycles. The van der Waals surface area contributed by atoms with E-state index in [1.807, 2.05) is 0 Å². The maximum absolute atomic E-state index is 12.4. The molecule has 3 aliphatic rings. The Morgan fingerprint density at radius 2 is 2.12 bits per heavy atom. The van der Waals surface area contributed by atoms with E-state index >= 15 is 0 Å². The van der Waals surface area contributed by atoms with Crippen LogP contribution in [0.25, 0.3) is 0 Å². The highest BCUT2D eigenvalue weighted by Gasteiger charge is 2.45. The Balaban J connectivity index is 1.74. The number of thioether (sulfide) groups is 1. The molecule has 92 valence electrons. The van der Waals surface area contributed by atoms with E-state index in [-0.39, 0.29) is 11.8 Å². The molecular formula is C12H15NO3S. The first-order valence-corrected chi connectivity index (χ1v) is 7.11. The summed E-state index contributed by atoms with van der Waals surface area (Å²) in [6.07, 6.45) is 6.32. The Hall–Kier alpha value is -0.970. The number of hydrogen-bond donors (Lipinski definition) is 1. The lowest BCUT2D eigenvalue weighted by Gasteiger charge is -2.26. The second-order valence-electron chi connectivity index (χ2n) is 5.05. The molecule has 1 amide bonds. The summed E-state index contributed by atoms with van der Waals surface area (Å²) in [4.78, 5) is 25.0. The van der Waals surface area contributed by atoms with Crippen LogP contribution in [0, 0.1) is 17.8 Å². The van der Waals surface area contributed by atoms with Gasteiger partial charge in [-0.25, -0.2) is 4.79 Å². The number of aliphatic carboxylic acids is 1. The highest BCUT2D eigenvalue weighted by atomic mass is 32.2. The molecule has 1 N–H and O–H groups in total. The number of fused-ring (bicyclic) bond motifs is 2. The zero-order chi connectivity index (χ0) is 12.0. The number of allylic oxidation sites excluding steroid dienone is 2. The summed E-state index contributed by atoms with van der Waals surface area (Å²) < 4.78 is 0. The summed E-state index contributed by atoms with van der Waals surface area (Å²) in [6, 6.07) is -0.615. The van der Waals surface area contributed by atoms with Crippen LogP contribution in [0.15, 0.2) is 12.2 Å². The van der Waals surface area contributed by atoms with Crippen molar-refractivity contribution in [2.75, 3.05) is 11.6 Å². The zero-order valence-electron chi connectivity index (χ0n) is 9.41. The first-order valence-electron chi connectivity index (χ1n) is 5.96. The van der Waals surface area contributed by atoms with Crippen molar-refractivity contribution in [3.63, 3.8) is 0 Å². The van der Waals surface area contributed by atoms with Gasteiger partial charge in [-0.1, -0.05) is 12.2 Å². The van der Waals surface area contributed by atoms with Gasteiger partial charge in [0.2, 0.25) is 5.91 Å².